The molecule has 2 aliphatic heterocycles. The molecule has 1 unspecified atom stereocenters. The van der Waals surface area contributed by atoms with Crippen molar-refractivity contribution < 1.29 is 0 Å². The molecule has 1 atom stereocenters. The van der Waals surface area contributed by atoms with Gasteiger partial charge in [-0.25, -0.2) is 0 Å². The monoisotopic (exact) mass is 321 g/mol. The minimum atomic E-state index is 0.114. The van der Waals surface area contributed by atoms with E-state index >= 15 is 0 Å². The number of amidine groups is 1. The molecule has 0 spiro atoms. The first-order valence-electron chi connectivity index (χ1n) is 8.33. The van der Waals surface area contributed by atoms with Crippen LogP contribution in [-0.4, -0.2) is 50.0 Å². The second-order valence-electron chi connectivity index (χ2n) is 6.58. The summed E-state index contributed by atoms with van der Waals surface area (Å²) < 4.78 is 0. The maximum atomic E-state index is 4.79. The van der Waals surface area contributed by atoms with Crippen LogP contribution < -0.4 is 10.2 Å². The number of benzene rings is 2. The lowest BCUT2D eigenvalue weighted by Crippen LogP contribution is -2.49. The number of fused-ring (bicyclic) bond motifs is 3. The van der Waals surface area contributed by atoms with E-state index < -0.39 is 0 Å². The first-order chi connectivity index (χ1) is 11.6. The Balaban J connectivity index is 1.76. The molecule has 0 aromatic heterocycles. The second kappa shape index (κ2) is 5.74. The fraction of sp³-hybridized carbons (Fsp3) is 0.316. The number of hydrazone groups is 1. The summed E-state index contributed by atoms with van der Waals surface area (Å²) in [6.45, 7) is 1.89. The summed E-state index contributed by atoms with van der Waals surface area (Å²) in [5, 5.41) is 10.5. The van der Waals surface area contributed by atoms with E-state index in [-0.39, 0.29) is 6.17 Å². The minimum absolute atomic E-state index is 0.114. The Morgan fingerprint density at radius 3 is 2.54 bits per heavy atom. The molecule has 2 aromatic rings. The van der Waals surface area contributed by atoms with Gasteiger partial charge < -0.3 is 15.1 Å². The summed E-state index contributed by atoms with van der Waals surface area (Å²) in [4.78, 5) is 4.49. The molecule has 124 valence electrons. The second-order valence-corrected chi connectivity index (χ2v) is 6.58. The van der Waals surface area contributed by atoms with E-state index in [1.165, 1.54) is 16.8 Å². The predicted molar refractivity (Wildman–Crippen MR) is 99.4 cm³/mol. The molecule has 5 heteroatoms. The van der Waals surface area contributed by atoms with E-state index in [0.717, 1.165) is 24.6 Å². The van der Waals surface area contributed by atoms with Crippen LogP contribution in [0.5, 0.6) is 0 Å². The van der Waals surface area contributed by atoms with Gasteiger partial charge in [-0.3, -0.25) is 5.01 Å². The van der Waals surface area contributed by atoms with E-state index in [1.807, 2.05) is 12.1 Å². The molecular formula is C19H23N5. The lowest BCUT2D eigenvalue weighted by Gasteiger charge is -2.43. The fourth-order valence-corrected chi connectivity index (χ4v) is 3.33. The highest BCUT2D eigenvalue weighted by molar-refractivity contribution is 6.05. The molecule has 2 aromatic carbocycles. The average Bonchev–Trinajstić information content (AvgIpc) is 2.61. The standard InChI is InChI=1S/C19H23N5/c1-22(2)15-10-8-14(9-11-15)18-20-17-7-5-4-6-16(17)19-21-23(3)12-13-24(18)19/h4-11,18,20H,12-13H2,1-3H3. The topological polar surface area (TPSA) is 34.1 Å². The number of para-hydroxylation sites is 1. The molecule has 5 nitrogen and oxygen atoms in total. The Kier molecular flexibility index (Phi) is 3.56. The first-order valence-corrected chi connectivity index (χ1v) is 8.33. The molecule has 0 amide bonds. The zero-order valence-electron chi connectivity index (χ0n) is 14.4. The van der Waals surface area contributed by atoms with Crippen molar-refractivity contribution in [1.82, 2.24) is 9.91 Å². The molecule has 0 saturated carbocycles. The average molecular weight is 321 g/mol. The van der Waals surface area contributed by atoms with Crippen LogP contribution in [0.1, 0.15) is 17.3 Å². The van der Waals surface area contributed by atoms with E-state index in [1.54, 1.807) is 0 Å². The van der Waals surface area contributed by atoms with Crippen LogP contribution in [-0.2, 0) is 0 Å². The molecule has 0 fully saturated rings. The lowest BCUT2D eigenvalue weighted by molar-refractivity contribution is 0.230. The molecule has 0 aliphatic carbocycles. The van der Waals surface area contributed by atoms with Crippen molar-refractivity contribution in [3.63, 3.8) is 0 Å². The van der Waals surface area contributed by atoms with Crippen LogP contribution >= 0.6 is 0 Å². The van der Waals surface area contributed by atoms with Crippen molar-refractivity contribution in [3.05, 3.63) is 59.7 Å². The van der Waals surface area contributed by atoms with Crippen LogP contribution in [0, 0.1) is 0 Å². The van der Waals surface area contributed by atoms with Crippen molar-refractivity contribution in [2.75, 3.05) is 44.4 Å². The van der Waals surface area contributed by atoms with Gasteiger partial charge in [0.05, 0.1) is 6.54 Å². The van der Waals surface area contributed by atoms with Gasteiger partial charge in [0, 0.05) is 44.6 Å². The highest BCUT2D eigenvalue weighted by Gasteiger charge is 2.33. The summed E-state index contributed by atoms with van der Waals surface area (Å²) in [6, 6.07) is 17.2. The maximum Gasteiger partial charge on any atom is 0.160 e. The molecular weight excluding hydrogens is 298 g/mol. The maximum absolute atomic E-state index is 4.79. The molecule has 24 heavy (non-hydrogen) atoms. The van der Waals surface area contributed by atoms with E-state index in [0.29, 0.717) is 0 Å². The van der Waals surface area contributed by atoms with Crippen LogP contribution in [0.25, 0.3) is 0 Å². The van der Waals surface area contributed by atoms with Gasteiger partial charge in [-0.05, 0) is 29.8 Å². The van der Waals surface area contributed by atoms with Crippen molar-refractivity contribution in [2.45, 2.75) is 6.17 Å². The van der Waals surface area contributed by atoms with Crippen LogP contribution in [0.3, 0.4) is 0 Å². The Morgan fingerprint density at radius 2 is 1.79 bits per heavy atom. The quantitative estimate of drug-likeness (QED) is 0.922. The van der Waals surface area contributed by atoms with E-state index in [2.05, 4.69) is 77.7 Å². The summed E-state index contributed by atoms with van der Waals surface area (Å²) in [6.07, 6.45) is 0.114. The molecule has 0 saturated heterocycles. The van der Waals surface area contributed by atoms with Gasteiger partial charge in [-0.1, -0.05) is 24.3 Å². The largest absolute Gasteiger partial charge is 0.378 e. The molecule has 2 heterocycles. The van der Waals surface area contributed by atoms with Gasteiger partial charge in [-0.2, -0.15) is 5.10 Å². The van der Waals surface area contributed by atoms with Crippen LogP contribution in [0.15, 0.2) is 53.6 Å². The Labute approximate surface area is 143 Å². The summed E-state index contributed by atoms with van der Waals surface area (Å²) in [5.74, 6) is 1.06. The third kappa shape index (κ3) is 2.46. The van der Waals surface area contributed by atoms with Gasteiger partial charge >= 0.3 is 0 Å². The SMILES string of the molecule is CN1CCN2C(=N1)c1ccccc1NC2c1ccc(N(C)C)cc1. The predicted octanol–water partition coefficient (Wildman–Crippen LogP) is 2.79. The number of hydrogen-bond acceptors (Lipinski definition) is 5. The van der Waals surface area contributed by atoms with Gasteiger partial charge in [0.25, 0.3) is 0 Å². The third-order valence-electron chi connectivity index (χ3n) is 4.70. The van der Waals surface area contributed by atoms with Gasteiger partial charge in [-0.15, -0.1) is 0 Å². The molecule has 0 bridgehead atoms. The fourth-order valence-electron chi connectivity index (χ4n) is 3.33. The molecule has 0 radical (unpaired) electrons. The summed E-state index contributed by atoms with van der Waals surface area (Å²) in [7, 11) is 6.17. The van der Waals surface area contributed by atoms with E-state index in [4.69, 9.17) is 5.10 Å². The summed E-state index contributed by atoms with van der Waals surface area (Å²) in [5.41, 5.74) is 4.78. The number of rotatable bonds is 2. The van der Waals surface area contributed by atoms with Gasteiger partial charge in [0.1, 0.15) is 6.17 Å². The Bertz CT molecular complexity index is 766. The third-order valence-corrected chi connectivity index (χ3v) is 4.70. The Morgan fingerprint density at radius 1 is 1.04 bits per heavy atom. The number of hydrogen-bond donors (Lipinski definition) is 1. The molecule has 2 aliphatic rings. The Hall–Kier alpha value is -2.69. The van der Waals surface area contributed by atoms with E-state index in [9.17, 15) is 0 Å². The van der Waals surface area contributed by atoms with Gasteiger partial charge in [0.15, 0.2) is 5.84 Å². The minimum Gasteiger partial charge on any atom is -0.378 e. The lowest BCUT2D eigenvalue weighted by atomic mass is 10.0. The zero-order valence-corrected chi connectivity index (χ0v) is 14.4. The van der Waals surface area contributed by atoms with Crippen molar-refractivity contribution in [3.8, 4) is 0 Å². The number of anilines is 2. The van der Waals surface area contributed by atoms with Crippen LogP contribution in [0.2, 0.25) is 0 Å². The zero-order chi connectivity index (χ0) is 16.7. The van der Waals surface area contributed by atoms with Crippen molar-refractivity contribution in [2.24, 2.45) is 5.10 Å². The highest BCUT2D eigenvalue weighted by Crippen LogP contribution is 2.35. The smallest absolute Gasteiger partial charge is 0.160 e. The van der Waals surface area contributed by atoms with Gasteiger partial charge in [0.2, 0.25) is 0 Å². The number of likely N-dealkylation sites (N-methyl/N-ethyl adjacent to an activating group) is 1. The number of nitrogens with zero attached hydrogens (tertiary/aromatic N) is 4. The van der Waals surface area contributed by atoms with Crippen molar-refractivity contribution in [1.29, 1.82) is 0 Å². The normalized spacial score (nSPS) is 19.1. The molecule has 4 rings (SSSR count). The van der Waals surface area contributed by atoms with Crippen molar-refractivity contribution >= 4 is 17.2 Å². The number of nitrogens with one attached hydrogen (secondary N) is 1. The first kappa shape index (κ1) is 14.9. The highest BCUT2D eigenvalue weighted by atomic mass is 15.5. The molecule has 1 N–H and O–H groups in total. The summed E-state index contributed by atoms with van der Waals surface area (Å²) >= 11 is 0. The van der Waals surface area contributed by atoms with Crippen LogP contribution in [0.4, 0.5) is 11.4 Å².